The lowest BCUT2D eigenvalue weighted by Crippen LogP contribution is -2.08. The molecule has 0 spiro atoms. The summed E-state index contributed by atoms with van der Waals surface area (Å²) in [7, 11) is -3.38. The normalized spacial score (nSPS) is 14.7. The Balaban J connectivity index is 2.08. The zero-order valence-corrected chi connectivity index (χ0v) is 14.3. The Morgan fingerprint density at radius 1 is 1.17 bits per heavy atom. The molecule has 0 bridgehead atoms. The first kappa shape index (κ1) is 18.4. The Kier molecular flexibility index (Phi) is 6.71. The van der Waals surface area contributed by atoms with Gasteiger partial charge in [-0.15, -0.1) is 0 Å². The van der Waals surface area contributed by atoms with Crippen molar-refractivity contribution in [3.8, 4) is 0 Å². The van der Waals surface area contributed by atoms with E-state index in [1.807, 2.05) is 36.4 Å². The van der Waals surface area contributed by atoms with Gasteiger partial charge in [0.15, 0.2) is 0 Å². The summed E-state index contributed by atoms with van der Waals surface area (Å²) in [5, 5.41) is 8.81. The summed E-state index contributed by atoms with van der Waals surface area (Å²) in [6.45, 7) is 0. The molecule has 0 saturated carbocycles. The minimum Gasteiger partial charge on any atom is -0.481 e. The van der Waals surface area contributed by atoms with Crippen molar-refractivity contribution in [3.05, 3.63) is 66.0 Å². The molecule has 0 radical (unpaired) electrons. The fraction of sp³-hybridized carbons (Fsp3) is 0.333. The van der Waals surface area contributed by atoms with Crippen LogP contribution in [0.3, 0.4) is 0 Å². The van der Waals surface area contributed by atoms with Crippen molar-refractivity contribution in [1.82, 2.24) is 4.98 Å². The number of carbonyl (C=O) groups is 1. The summed E-state index contributed by atoms with van der Waals surface area (Å²) < 4.78 is 12.7. The first-order valence-corrected chi connectivity index (χ1v) is 9.96. The van der Waals surface area contributed by atoms with Gasteiger partial charge in [-0.2, -0.15) is 0 Å². The largest absolute Gasteiger partial charge is 0.481 e. The van der Waals surface area contributed by atoms with E-state index in [0.717, 1.165) is 11.1 Å². The molecule has 0 fully saturated rings. The van der Waals surface area contributed by atoms with Gasteiger partial charge in [-0.3, -0.25) is 14.3 Å². The molecule has 0 amide bonds. The number of aliphatic carboxylic acids is 1. The van der Waals surface area contributed by atoms with Crippen molar-refractivity contribution in [1.29, 1.82) is 0 Å². The van der Waals surface area contributed by atoms with Crippen molar-refractivity contribution in [2.24, 2.45) is 0 Å². The van der Waals surface area contributed by atoms with E-state index in [4.69, 9.17) is 5.11 Å². The third-order valence-electron chi connectivity index (χ3n) is 3.88. The maximum absolute atomic E-state index is 12.7. The van der Waals surface area contributed by atoms with Gasteiger partial charge in [0.25, 0.3) is 0 Å². The molecule has 2 unspecified atom stereocenters. The van der Waals surface area contributed by atoms with E-state index in [1.165, 1.54) is 0 Å². The van der Waals surface area contributed by atoms with Crippen LogP contribution in [0.1, 0.15) is 36.3 Å². The topological polar surface area (TPSA) is 87.5 Å². The number of pyridine rings is 1. The summed E-state index contributed by atoms with van der Waals surface area (Å²) in [4.78, 5) is 25.2. The minimum atomic E-state index is -3.38. The molecule has 0 aliphatic carbocycles. The third-order valence-corrected chi connectivity index (χ3v) is 5.75. The molecule has 1 aromatic carbocycles. The van der Waals surface area contributed by atoms with Gasteiger partial charge in [0, 0.05) is 31.1 Å². The van der Waals surface area contributed by atoms with Gasteiger partial charge < -0.3 is 10.00 Å². The predicted octanol–water partition coefficient (Wildman–Crippen LogP) is 3.89. The van der Waals surface area contributed by atoms with Crippen molar-refractivity contribution in [2.45, 2.75) is 31.3 Å². The van der Waals surface area contributed by atoms with Gasteiger partial charge in [0.1, 0.15) is 0 Å². The van der Waals surface area contributed by atoms with Crippen LogP contribution in [0.25, 0.3) is 0 Å². The lowest BCUT2D eigenvalue weighted by molar-refractivity contribution is -0.137. The first-order chi connectivity index (χ1) is 11.5. The van der Waals surface area contributed by atoms with E-state index >= 15 is 0 Å². The van der Waals surface area contributed by atoms with Crippen LogP contribution in [0.2, 0.25) is 0 Å². The van der Waals surface area contributed by atoms with Gasteiger partial charge in [-0.25, -0.2) is 0 Å². The van der Waals surface area contributed by atoms with Crippen LogP contribution in [0.15, 0.2) is 54.9 Å². The fourth-order valence-corrected chi connectivity index (χ4v) is 4.75. The van der Waals surface area contributed by atoms with Gasteiger partial charge in [-0.1, -0.05) is 36.4 Å². The average Bonchev–Trinajstić information content (AvgIpc) is 2.55. The molecule has 128 valence electrons. The van der Waals surface area contributed by atoms with E-state index in [-0.39, 0.29) is 24.7 Å². The summed E-state index contributed by atoms with van der Waals surface area (Å²) in [6.07, 6.45) is 4.69. The van der Waals surface area contributed by atoms with Crippen LogP contribution >= 0.6 is 7.37 Å². The van der Waals surface area contributed by atoms with Crippen LogP contribution in [-0.4, -0.2) is 27.1 Å². The first-order valence-electron chi connectivity index (χ1n) is 7.93. The molecule has 2 N–H and O–H groups in total. The van der Waals surface area contributed by atoms with Crippen LogP contribution in [-0.2, 0) is 15.5 Å². The second-order valence-electron chi connectivity index (χ2n) is 5.94. The molecule has 1 heterocycles. The van der Waals surface area contributed by atoms with E-state index in [1.54, 1.807) is 18.5 Å². The van der Waals surface area contributed by atoms with Crippen LogP contribution in [0.5, 0.6) is 0 Å². The molecule has 2 aromatic rings. The number of hydrogen-bond donors (Lipinski definition) is 2. The zero-order chi connectivity index (χ0) is 17.4. The molecule has 24 heavy (non-hydrogen) atoms. The number of hydrogen-bond acceptors (Lipinski definition) is 3. The maximum Gasteiger partial charge on any atom is 0.303 e. The Morgan fingerprint density at radius 3 is 2.54 bits per heavy atom. The summed E-state index contributed by atoms with van der Waals surface area (Å²) in [5.41, 5.74) is 1.71. The Bertz CT molecular complexity index is 691. The molecule has 0 aliphatic heterocycles. The lowest BCUT2D eigenvalue weighted by atomic mass is 9.97. The van der Waals surface area contributed by atoms with E-state index in [9.17, 15) is 14.3 Å². The molecule has 0 aliphatic rings. The standard InChI is InChI=1S/C18H22NO4P/c20-18(21)10-4-8-17(16-9-5-11-19-12-16)14-24(22,23)13-15-6-2-1-3-7-15/h1-3,5-7,9,11-12,17H,4,8,10,13-14H2,(H,20,21)(H,22,23). The molecule has 0 saturated heterocycles. The van der Waals surface area contributed by atoms with Gasteiger partial charge in [0.2, 0.25) is 7.37 Å². The summed E-state index contributed by atoms with van der Waals surface area (Å²) in [5.74, 6) is -1.02. The highest BCUT2D eigenvalue weighted by atomic mass is 31.2. The highest BCUT2D eigenvalue weighted by molar-refractivity contribution is 7.57. The van der Waals surface area contributed by atoms with Crippen molar-refractivity contribution < 1.29 is 19.4 Å². The fourth-order valence-electron chi connectivity index (χ4n) is 2.76. The molecule has 2 atom stereocenters. The highest BCUT2D eigenvalue weighted by Gasteiger charge is 2.26. The molecule has 6 heteroatoms. The molecular formula is C18H22NO4P. The van der Waals surface area contributed by atoms with Crippen LogP contribution in [0.4, 0.5) is 0 Å². The second kappa shape index (κ2) is 8.76. The summed E-state index contributed by atoms with van der Waals surface area (Å²) in [6, 6.07) is 12.9. The predicted molar refractivity (Wildman–Crippen MR) is 93.3 cm³/mol. The smallest absolute Gasteiger partial charge is 0.303 e. The van der Waals surface area contributed by atoms with E-state index in [0.29, 0.717) is 12.8 Å². The number of rotatable bonds is 9. The van der Waals surface area contributed by atoms with Crippen molar-refractivity contribution in [3.63, 3.8) is 0 Å². The van der Waals surface area contributed by atoms with Crippen LogP contribution < -0.4 is 0 Å². The molecule has 2 rings (SSSR count). The zero-order valence-electron chi connectivity index (χ0n) is 13.4. The minimum absolute atomic E-state index is 0.0607. The van der Waals surface area contributed by atoms with Gasteiger partial charge >= 0.3 is 5.97 Å². The molecule has 1 aromatic heterocycles. The summed E-state index contributed by atoms with van der Waals surface area (Å²) >= 11 is 0. The second-order valence-corrected chi connectivity index (χ2v) is 8.32. The number of nitrogens with zero attached hydrogens (tertiary/aromatic N) is 1. The van der Waals surface area contributed by atoms with E-state index in [2.05, 4.69) is 4.98 Å². The Hall–Kier alpha value is -1.97. The maximum atomic E-state index is 12.7. The monoisotopic (exact) mass is 347 g/mol. The van der Waals surface area contributed by atoms with Crippen molar-refractivity contribution >= 4 is 13.3 Å². The quantitative estimate of drug-likeness (QED) is 0.672. The number of carboxylic acids is 1. The number of aromatic nitrogens is 1. The molecular weight excluding hydrogens is 325 g/mol. The molecule has 5 nitrogen and oxygen atoms in total. The Labute approximate surface area is 141 Å². The lowest BCUT2D eigenvalue weighted by Gasteiger charge is -2.20. The highest BCUT2D eigenvalue weighted by Crippen LogP contribution is 2.49. The Morgan fingerprint density at radius 2 is 1.92 bits per heavy atom. The van der Waals surface area contributed by atoms with Crippen LogP contribution in [0, 0.1) is 0 Å². The van der Waals surface area contributed by atoms with E-state index < -0.39 is 13.3 Å². The third kappa shape index (κ3) is 6.26. The SMILES string of the molecule is O=C(O)CCCC(CP(=O)(O)Cc1ccccc1)c1cccnc1. The number of carboxylic acid groups (broad SMARTS) is 1. The van der Waals surface area contributed by atoms with Gasteiger partial charge in [-0.05, 0) is 36.0 Å². The van der Waals surface area contributed by atoms with Crippen molar-refractivity contribution in [2.75, 3.05) is 6.16 Å². The number of benzene rings is 1. The average molecular weight is 347 g/mol. The van der Waals surface area contributed by atoms with Gasteiger partial charge in [0.05, 0.1) is 0 Å².